The summed E-state index contributed by atoms with van der Waals surface area (Å²) in [5, 5.41) is 8.62. The number of likely N-dealkylation sites (tertiary alicyclic amines) is 1. The van der Waals surface area contributed by atoms with Gasteiger partial charge in [-0.25, -0.2) is 0 Å². The monoisotopic (exact) mass is 284 g/mol. The maximum Gasteiger partial charge on any atom is 0.0830 e. The summed E-state index contributed by atoms with van der Waals surface area (Å²) in [6.07, 6.45) is 6.71. The maximum atomic E-state index is 4.32. The molecule has 0 unspecified atom stereocenters. The highest BCUT2D eigenvalue weighted by Gasteiger charge is 2.23. The molecular weight excluding hydrogens is 260 g/mol. The molecule has 0 aliphatic carbocycles. The van der Waals surface area contributed by atoms with Crippen LogP contribution in [-0.4, -0.2) is 39.0 Å². The molecule has 112 valence electrons. The lowest BCUT2D eigenvalue weighted by molar-refractivity contribution is 0.237. The molecule has 3 rings (SSSR count). The molecule has 1 saturated heterocycles. The normalized spacial score (nSPS) is 19.2. The maximum absolute atomic E-state index is 4.32. The molecule has 0 bridgehead atoms. The lowest BCUT2D eigenvalue weighted by Crippen LogP contribution is -2.32. The second-order valence-electron chi connectivity index (χ2n) is 5.84. The zero-order valence-corrected chi connectivity index (χ0v) is 12.8. The van der Waals surface area contributed by atoms with Crippen LogP contribution < -0.4 is 0 Å². The largest absolute Gasteiger partial charge is 0.299 e. The van der Waals surface area contributed by atoms with Crippen LogP contribution in [-0.2, 0) is 19.4 Å². The Labute approximate surface area is 126 Å². The van der Waals surface area contributed by atoms with Gasteiger partial charge >= 0.3 is 0 Å². The van der Waals surface area contributed by atoms with Crippen molar-refractivity contribution in [2.45, 2.75) is 45.2 Å². The molecule has 1 aromatic heterocycles. The standard InChI is InChI=1S/C17H24N4/c1-2-20-12-6-9-17(20)14-21-13-16(18-19-21)11-10-15-7-4-3-5-8-15/h3-5,7-8,13,17H,2,6,9-12,14H2,1H3/t17-/m1/s1. The molecule has 0 saturated carbocycles. The zero-order valence-electron chi connectivity index (χ0n) is 12.8. The molecule has 0 amide bonds. The molecule has 4 heteroatoms. The Kier molecular flexibility index (Phi) is 4.65. The molecular formula is C17H24N4. The van der Waals surface area contributed by atoms with Gasteiger partial charge < -0.3 is 0 Å². The fraction of sp³-hybridized carbons (Fsp3) is 0.529. The van der Waals surface area contributed by atoms with Crippen LogP contribution in [0.1, 0.15) is 31.0 Å². The van der Waals surface area contributed by atoms with Crippen LogP contribution in [0.4, 0.5) is 0 Å². The minimum absolute atomic E-state index is 0.638. The summed E-state index contributed by atoms with van der Waals surface area (Å²) in [6.45, 7) is 5.59. The van der Waals surface area contributed by atoms with Crippen LogP contribution in [0.5, 0.6) is 0 Å². The predicted molar refractivity (Wildman–Crippen MR) is 84.1 cm³/mol. The molecule has 21 heavy (non-hydrogen) atoms. The van der Waals surface area contributed by atoms with Gasteiger partial charge in [0, 0.05) is 12.2 Å². The van der Waals surface area contributed by atoms with E-state index >= 15 is 0 Å². The van der Waals surface area contributed by atoms with Gasteiger partial charge in [0.1, 0.15) is 0 Å². The van der Waals surface area contributed by atoms with Gasteiger partial charge in [-0.15, -0.1) is 5.10 Å². The van der Waals surface area contributed by atoms with Crippen molar-refractivity contribution in [3.8, 4) is 0 Å². The average molecular weight is 284 g/mol. The van der Waals surface area contributed by atoms with Crippen molar-refractivity contribution in [1.82, 2.24) is 19.9 Å². The Bertz CT molecular complexity index is 549. The number of rotatable bonds is 6. The molecule has 2 heterocycles. The third-order valence-corrected chi connectivity index (χ3v) is 4.40. The van der Waals surface area contributed by atoms with Crippen molar-refractivity contribution in [3.05, 3.63) is 47.8 Å². The van der Waals surface area contributed by atoms with Gasteiger partial charge in [0.2, 0.25) is 0 Å². The van der Waals surface area contributed by atoms with E-state index in [0.29, 0.717) is 6.04 Å². The Morgan fingerprint density at radius 3 is 2.86 bits per heavy atom. The Morgan fingerprint density at radius 2 is 2.05 bits per heavy atom. The van der Waals surface area contributed by atoms with E-state index in [2.05, 4.69) is 58.7 Å². The number of benzene rings is 1. The highest BCUT2D eigenvalue weighted by atomic mass is 15.4. The number of aromatic nitrogens is 3. The summed E-state index contributed by atoms with van der Waals surface area (Å²) in [5.41, 5.74) is 2.46. The Morgan fingerprint density at radius 1 is 1.19 bits per heavy atom. The SMILES string of the molecule is CCN1CCC[C@@H]1Cn1cc(CCc2ccccc2)nn1. The second-order valence-corrected chi connectivity index (χ2v) is 5.84. The summed E-state index contributed by atoms with van der Waals surface area (Å²) in [7, 11) is 0. The Hall–Kier alpha value is -1.68. The van der Waals surface area contributed by atoms with Gasteiger partial charge in [-0.2, -0.15) is 0 Å². The number of hydrogen-bond acceptors (Lipinski definition) is 3. The van der Waals surface area contributed by atoms with Crippen LogP contribution in [0.2, 0.25) is 0 Å². The Balaban J connectivity index is 1.54. The van der Waals surface area contributed by atoms with Crippen molar-refractivity contribution in [3.63, 3.8) is 0 Å². The van der Waals surface area contributed by atoms with Gasteiger partial charge in [-0.3, -0.25) is 9.58 Å². The van der Waals surface area contributed by atoms with Crippen molar-refractivity contribution >= 4 is 0 Å². The average Bonchev–Trinajstić information content (AvgIpc) is 3.16. The summed E-state index contributed by atoms with van der Waals surface area (Å²) in [6, 6.07) is 11.2. The summed E-state index contributed by atoms with van der Waals surface area (Å²) in [4.78, 5) is 2.55. The summed E-state index contributed by atoms with van der Waals surface area (Å²) < 4.78 is 2.03. The molecule has 0 radical (unpaired) electrons. The topological polar surface area (TPSA) is 34.0 Å². The minimum atomic E-state index is 0.638. The van der Waals surface area contributed by atoms with Gasteiger partial charge in [0.15, 0.2) is 0 Å². The van der Waals surface area contributed by atoms with Gasteiger partial charge in [0.25, 0.3) is 0 Å². The highest BCUT2D eigenvalue weighted by Crippen LogP contribution is 2.18. The van der Waals surface area contributed by atoms with Crippen molar-refractivity contribution in [2.24, 2.45) is 0 Å². The van der Waals surface area contributed by atoms with E-state index in [9.17, 15) is 0 Å². The van der Waals surface area contributed by atoms with Crippen LogP contribution in [0.15, 0.2) is 36.5 Å². The second kappa shape index (κ2) is 6.85. The molecule has 1 aliphatic heterocycles. The van der Waals surface area contributed by atoms with Crippen LogP contribution in [0.3, 0.4) is 0 Å². The van der Waals surface area contributed by atoms with E-state index in [0.717, 1.165) is 31.6 Å². The number of hydrogen-bond donors (Lipinski definition) is 0. The summed E-state index contributed by atoms with van der Waals surface area (Å²) >= 11 is 0. The van der Waals surface area contributed by atoms with E-state index in [1.807, 2.05) is 4.68 Å². The van der Waals surface area contributed by atoms with E-state index in [4.69, 9.17) is 0 Å². The first-order valence-electron chi connectivity index (χ1n) is 8.02. The predicted octanol–water partition coefficient (Wildman–Crippen LogP) is 2.55. The van der Waals surface area contributed by atoms with E-state index in [1.165, 1.54) is 24.9 Å². The first-order valence-corrected chi connectivity index (χ1v) is 8.02. The number of nitrogens with zero attached hydrogens (tertiary/aromatic N) is 4. The highest BCUT2D eigenvalue weighted by molar-refractivity contribution is 5.15. The van der Waals surface area contributed by atoms with E-state index < -0.39 is 0 Å². The third-order valence-electron chi connectivity index (χ3n) is 4.40. The lowest BCUT2D eigenvalue weighted by Gasteiger charge is -2.22. The molecule has 4 nitrogen and oxygen atoms in total. The molecule has 2 aromatic rings. The van der Waals surface area contributed by atoms with E-state index in [1.54, 1.807) is 0 Å². The molecule has 1 fully saturated rings. The van der Waals surface area contributed by atoms with Crippen molar-refractivity contribution in [2.75, 3.05) is 13.1 Å². The van der Waals surface area contributed by atoms with Gasteiger partial charge in [0.05, 0.1) is 12.2 Å². The zero-order chi connectivity index (χ0) is 14.5. The van der Waals surface area contributed by atoms with Crippen LogP contribution >= 0.6 is 0 Å². The van der Waals surface area contributed by atoms with Crippen LogP contribution in [0.25, 0.3) is 0 Å². The fourth-order valence-electron chi connectivity index (χ4n) is 3.19. The van der Waals surface area contributed by atoms with Gasteiger partial charge in [-0.05, 0) is 44.3 Å². The molecule has 0 spiro atoms. The fourth-order valence-corrected chi connectivity index (χ4v) is 3.19. The smallest absolute Gasteiger partial charge is 0.0830 e. The first kappa shape index (κ1) is 14.3. The molecule has 1 aromatic carbocycles. The molecule has 0 N–H and O–H groups in total. The van der Waals surface area contributed by atoms with E-state index in [-0.39, 0.29) is 0 Å². The number of aryl methyl sites for hydroxylation is 2. The number of likely N-dealkylation sites (N-methyl/N-ethyl adjacent to an activating group) is 1. The lowest BCUT2D eigenvalue weighted by atomic mass is 10.1. The van der Waals surface area contributed by atoms with Crippen molar-refractivity contribution < 1.29 is 0 Å². The minimum Gasteiger partial charge on any atom is -0.299 e. The molecule has 1 aliphatic rings. The third kappa shape index (κ3) is 3.70. The molecule has 1 atom stereocenters. The van der Waals surface area contributed by atoms with Crippen molar-refractivity contribution in [1.29, 1.82) is 0 Å². The first-order chi connectivity index (χ1) is 10.3. The van der Waals surface area contributed by atoms with Gasteiger partial charge in [-0.1, -0.05) is 42.5 Å². The summed E-state index contributed by atoms with van der Waals surface area (Å²) in [5.74, 6) is 0. The quantitative estimate of drug-likeness (QED) is 0.817. The van der Waals surface area contributed by atoms with Crippen LogP contribution in [0, 0.1) is 0 Å².